The first-order chi connectivity index (χ1) is 17.2. The highest BCUT2D eigenvalue weighted by atomic mass is 16.2. The van der Waals surface area contributed by atoms with E-state index in [0.29, 0.717) is 11.3 Å². The van der Waals surface area contributed by atoms with Gasteiger partial charge in [-0.3, -0.25) is 4.79 Å². The van der Waals surface area contributed by atoms with Crippen molar-refractivity contribution in [2.45, 2.75) is 6.92 Å². The van der Waals surface area contributed by atoms with Gasteiger partial charge in [-0.1, -0.05) is 78.9 Å². The third-order valence-corrected chi connectivity index (χ3v) is 6.17. The molecule has 6 rings (SSSR count). The lowest BCUT2D eigenvalue weighted by molar-refractivity contribution is -0.114. The Kier molecular flexibility index (Phi) is 5.08. The maximum absolute atomic E-state index is 13.4. The molecule has 0 radical (unpaired) electrons. The molecule has 5 nitrogen and oxygen atoms in total. The minimum absolute atomic E-state index is 0.148. The smallest absolute Gasteiger partial charge is 0.267 e. The molecule has 5 aromatic rings. The highest BCUT2D eigenvalue weighted by molar-refractivity contribution is 6.32. The lowest BCUT2D eigenvalue weighted by atomic mass is 9.98. The van der Waals surface area contributed by atoms with Gasteiger partial charge in [-0.2, -0.15) is 15.2 Å². The average molecular weight is 455 g/mol. The van der Waals surface area contributed by atoms with E-state index in [1.807, 2.05) is 103 Å². The highest BCUT2D eigenvalue weighted by Crippen LogP contribution is 2.33. The topological polar surface area (TPSA) is 50.5 Å². The number of hydrazone groups is 1. The maximum atomic E-state index is 13.4. The lowest BCUT2D eigenvalue weighted by Crippen LogP contribution is -2.21. The molecule has 0 bridgehead atoms. The van der Waals surface area contributed by atoms with Crippen molar-refractivity contribution in [1.82, 2.24) is 9.78 Å². The van der Waals surface area contributed by atoms with Gasteiger partial charge in [0.05, 0.1) is 22.7 Å². The number of hydrogen-bond acceptors (Lipinski definition) is 3. The van der Waals surface area contributed by atoms with Gasteiger partial charge in [0.15, 0.2) is 0 Å². The third-order valence-electron chi connectivity index (χ3n) is 6.17. The predicted molar refractivity (Wildman–Crippen MR) is 142 cm³/mol. The third kappa shape index (κ3) is 3.73. The Morgan fingerprint density at radius 2 is 1.40 bits per heavy atom. The number of carbonyl (C=O) groups excluding carboxylic acids is 1. The van der Waals surface area contributed by atoms with Gasteiger partial charge < -0.3 is 0 Å². The SMILES string of the molecule is CC1=NN(c2ccccc2)C(=O)/C1=C\c1cn(-c2ccccc2)nc1-c1cccc2ccccc12. The number of fused-ring (bicyclic) bond motifs is 1. The fraction of sp³-hybridized carbons (Fsp3) is 0.0333. The van der Waals surface area contributed by atoms with E-state index >= 15 is 0 Å². The van der Waals surface area contributed by atoms with Gasteiger partial charge in [-0.15, -0.1) is 0 Å². The van der Waals surface area contributed by atoms with E-state index in [4.69, 9.17) is 5.10 Å². The van der Waals surface area contributed by atoms with Crippen molar-refractivity contribution in [3.8, 4) is 16.9 Å². The Labute approximate surface area is 203 Å². The molecule has 0 spiro atoms. The summed E-state index contributed by atoms with van der Waals surface area (Å²) in [5.74, 6) is -0.148. The Morgan fingerprint density at radius 3 is 2.17 bits per heavy atom. The van der Waals surface area contributed by atoms with Crippen LogP contribution in [0.5, 0.6) is 0 Å². The fourth-order valence-electron chi connectivity index (χ4n) is 4.43. The molecule has 0 unspecified atom stereocenters. The largest absolute Gasteiger partial charge is 0.280 e. The van der Waals surface area contributed by atoms with Crippen LogP contribution in [-0.2, 0) is 4.79 Å². The van der Waals surface area contributed by atoms with Crippen molar-refractivity contribution in [3.05, 3.63) is 120 Å². The quantitative estimate of drug-likeness (QED) is 0.291. The molecule has 0 fully saturated rings. The number of para-hydroxylation sites is 2. The van der Waals surface area contributed by atoms with Crippen molar-refractivity contribution >= 4 is 34.2 Å². The van der Waals surface area contributed by atoms with Gasteiger partial charge in [-0.05, 0) is 48.0 Å². The number of hydrogen-bond donors (Lipinski definition) is 0. The van der Waals surface area contributed by atoms with Crippen LogP contribution in [0.3, 0.4) is 0 Å². The molecule has 0 saturated heterocycles. The lowest BCUT2D eigenvalue weighted by Gasteiger charge is -2.11. The summed E-state index contributed by atoms with van der Waals surface area (Å²) in [6, 6.07) is 34.0. The molecule has 1 aliphatic heterocycles. The van der Waals surface area contributed by atoms with Crippen LogP contribution in [0.4, 0.5) is 5.69 Å². The van der Waals surface area contributed by atoms with E-state index in [-0.39, 0.29) is 5.91 Å². The molecule has 0 N–H and O–H groups in total. The Morgan fingerprint density at radius 1 is 0.743 bits per heavy atom. The van der Waals surface area contributed by atoms with Gasteiger partial charge in [0.1, 0.15) is 5.69 Å². The Balaban J connectivity index is 1.51. The van der Waals surface area contributed by atoms with Crippen LogP contribution in [0.2, 0.25) is 0 Å². The minimum Gasteiger partial charge on any atom is -0.267 e. The molecule has 168 valence electrons. The normalized spacial score (nSPS) is 14.7. The van der Waals surface area contributed by atoms with E-state index in [1.165, 1.54) is 5.01 Å². The van der Waals surface area contributed by atoms with Gasteiger partial charge in [0, 0.05) is 17.3 Å². The molecule has 4 aromatic carbocycles. The van der Waals surface area contributed by atoms with E-state index in [1.54, 1.807) is 0 Å². The Bertz CT molecular complexity index is 1610. The summed E-state index contributed by atoms with van der Waals surface area (Å²) in [6.07, 6.45) is 3.89. The van der Waals surface area contributed by atoms with E-state index in [9.17, 15) is 4.79 Å². The second-order valence-corrected chi connectivity index (χ2v) is 8.44. The predicted octanol–water partition coefficient (Wildman–Crippen LogP) is 6.50. The molecule has 1 aromatic heterocycles. The summed E-state index contributed by atoms with van der Waals surface area (Å²) in [5, 5.41) is 13.2. The highest BCUT2D eigenvalue weighted by Gasteiger charge is 2.29. The van der Waals surface area contributed by atoms with Crippen LogP contribution in [0.1, 0.15) is 12.5 Å². The van der Waals surface area contributed by atoms with Crippen LogP contribution >= 0.6 is 0 Å². The number of benzene rings is 4. The first kappa shape index (κ1) is 20.8. The molecule has 0 atom stereocenters. The average Bonchev–Trinajstić information content (AvgIpc) is 3.46. The molecule has 1 amide bonds. The van der Waals surface area contributed by atoms with Crippen molar-refractivity contribution < 1.29 is 4.79 Å². The number of nitrogens with zero attached hydrogens (tertiary/aromatic N) is 4. The summed E-state index contributed by atoms with van der Waals surface area (Å²) in [5.41, 5.74) is 5.62. The van der Waals surface area contributed by atoms with Crippen molar-refractivity contribution in [2.24, 2.45) is 5.10 Å². The van der Waals surface area contributed by atoms with Gasteiger partial charge in [-0.25, -0.2) is 4.68 Å². The molecule has 35 heavy (non-hydrogen) atoms. The van der Waals surface area contributed by atoms with Crippen LogP contribution in [-0.4, -0.2) is 21.4 Å². The molecule has 5 heteroatoms. The van der Waals surface area contributed by atoms with Crippen LogP contribution in [0.25, 0.3) is 33.8 Å². The Hall–Kier alpha value is -4.77. The van der Waals surface area contributed by atoms with Crippen LogP contribution in [0, 0.1) is 0 Å². The number of amides is 1. The second-order valence-electron chi connectivity index (χ2n) is 8.44. The van der Waals surface area contributed by atoms with Gasteiger partial charge in [0.25, 0.3) is 5.91 Å². The summed E-state index contributed by atoms with van der Waals surface area (Å²) in [6.45, 7) is 1.87. The number of carbonyl (C=O) groups is 1. The minimum atomic E-state index is -0.148. The van der Waals surface area contributed by atoms with E-state index < -0.39 is 0 Å². The maximum Gasteiger partial charge on any atom is 0.280 e. The van der Waals surface area contributed by atoms with Crippen molar-refractivity contribution in [3.63, 3.8) is 0 Å². The zero-order valence-electron chi connectivity index (χ0n) is 19.2. The summed E-state index contributed by atoms with van der Waals surface area (Å²) < 4.78 is 1.87. The van der Waals surface area contributed by atoms with E-state index in [0.717, 1.165) is 39.0 Å². The summed E-state index contributed by atoms with van der Waals surface area (Å²) in [7, 11) is 0. The zero-order chi connectivity index (χ0) is 23.8. The summed E-state index contributed by atoms with van der Waals surface area (Å²) in [4.78, 5) is 13.4. The second kappa shape index (κ2) is 8.54. The molecular formula is C30H22N4O. The van der Waals surface area contributed by atoms with Crippen LogP contribution < -0.4 is 5.01 Å². The van der Waals surface area contributed by atoms with Crippen molar-refractivity contribution in [2.75, 3.05) is 5.01 Å². The van der Waals surface area contributed by atoms with Gasteiger partial charge in [0.2, 0.25) is 0 Å². The first-order valence-corrected chi connectivity index (χ1v) is 11.5. The summed E-state index contributed by atoms with van der Waals surface area (Å²) >= 11 is 0. The first-order valence-electron chi connectivity index (χ1n) is 11.5. The number of aromatic nitrogens is 2. The fourth-order valence-corrected chi connectivity index (χ4v) is 4.43. The molecule has 1 aliphatic rings. The van der Waals surface area contributed by atoms with E-state index in [2.05, 4.69) is 29.4 Å². The molecular weight excluding hydrogens is 432 g/mol. The number of rotatable bonds is 4. The van der Waals surface area contributed by atoms with Crippen molar-refractivity contribution in [1.29, 1.82) is 0 Å². The number of anilines is 1. The standard InChI is InChI=1S/C30H22N4O/c1-21-28(30(35)34(31-21)25-15-6-3-7-16-25)19-23-20-33(24-13-4-2-5-14-24)32-29(23)27-18-10-12-22-11-8-9-17-26(22)27/h2-20H,1H3/b28-19-. The van der Waals surface area contributed by atoms with Crippen LogP contribution in [0.15, 0.2) is 120 Å². The molecule has 0 aliphatic carbocycles. The monoisotopic (exact) mass is 454 g/mol. The molecule has 2 heterocycles. The zero-order valence-corrected chi connectivity index (χ0v) is 19.2. The van der Waals surface area contributed by atoms with Gasteiger partial charge >= 0.3 is 0 Å². The molecule has 0 saturated carbocycles.